The van der Waals surface area contributed by atoms with Crippen LogP contribution in [-0.4, -0.2) is 31.8 Å². The Morgan fingerprint density at radius 1 is 1.00 bits per heavy atom. The highest BCUT2D eigenvalue weighted by atomic mass is 16.5. The first kappa shape index (κ1) is 22.7. The molecule has 0 fully saturated rings. The lowest BCUT2D eigenvalue weighted by Crippen LogP contribution is -2.28. The van der Waals surface area contributed by atoms with Crippen LogP contribution < -0.4 is 0 Å². The number of aromatic hydroxyl groups is 1. The van der Waals surface area contributed by atoms with Crippen LogP contribution in [0, 0.1) is 20.8 Å². The Morgan fingerprint density at radius 3 is 2.27 bits per heavy atom. The van der Waals surface area contributed by atoms with E-state index >= 15 is 0 Å². The summed E-state index contributed by atoms with van der Waals surface area (Å²) in [5, 5.41) is 22.2. The fourth-order valence-corrected chi connectivity index (χ4v) is 4.39. The van der Waals surface area contributed by atoms with Crippen molar-refractivity contribution in [3.63, 3.8) is 0 Å². The lowest BCUT2D eigenvalue weighted by Gasteiger charge is -2.29. The number of aliphatic carboxylic acids is 1. The Bertz CT molecular complexity index is 1390. The van der Waals surface area contributed by atoms with Crippen LogP contribution in [0.2, 0.25) is 0 Å². The zero-order chi connectivity index (χ0) is 24.1. The van der Waals surface area contributed by atoms with E-state index in [1.165, 1.54) is 0 Å². The first-order valence-electron chi connectivity index (χ1n) is 10.9. The number of rotatable bonds is 4. The first-order valence-corrected chi connectivity index (χ1v) is 10.9. The molecule has 4 aromatic rings. The molecular weight excluding hydrogens is 416 g/mol. The molecule has 2 N–H and O–H groups in total. The van der Waals surface area contributed by atoms with Crippen LogP contribution in [0.25, 0.3) is 32.9 Å². The molecule has 0 spiro atoms. The fraction of sp³-hybridized carbons (Fsp3) is 0.296. The van der Waals surface area contributed by atoms with Gasteiger partial charge < -0.3 is 14.9 Å². The van der Waals surface area contributed by atoms with E-state index in [1.54, 1.807) is 18.3 Å². The lowest BCUT2D eigenvalue weighted by molar-refractivity contribution is -0.160. The van der Waals surface area contributed by atoms with E-state index in [2.05, 4.69) is 9.97 Å². The minimum absolute atomic E-state index is 0.134. The number of nitrogens with zero attached hydrogens (tertiary/aromatic N) is 2. The highest BCUT2D eigenvalue weighted by Crippen LogP contribution is 2.44. The second-order valence-electron chi connectivity index (χ2n) is 9.41. The van der Waals surface area contributed by atoms with Crippen molar-refractivity contribution in [2.24, 2.45) is 0 Å². The topological polar surface area (TPSA) is 92.5 Å². The van der Waals surface area contributed by atoms with Gasteiger partial charge in [-0.3, -0.25) is 4.98 Å². The maximum Gasteiger partial charge on any atom is 0.337 e. The van der Waals surface area contributed by atoms with Gasteiger partial charge in [0.1, 0.15) is 0 Å². The lowest BCUT2D eigenvalue weighted by atomic mass is 9.85. The second kappa shape index (κ2) is 8.12. The van der Waals surface area contributed by atoms with Gasteiger partial charge in [-0.05, 0) is 75.9 Å². The third-order valence-electron chi connectivity index (χ3n) is 5.82. The quantitative estimate of drug-likeness (QED) is 0.374. The Morgan fingerprint density at radius 2 is 1.67 bits per heavy atom. The van der Waals surface area contributed by atoms with Crippen molar-refractivity contribution in [2.45, 2.75) is 53.2 Å². The van der Waals surface area contributed by atoms with Crippen LogP contribution in [0.5, 0.6) is 5.88 Å². The highest BCUT2D eigenvalue weighted by Gasteiger charge is 2.33. The predicted molar refractivity (Wildman–Crippen MR) is 130 cm³/mol. The summed E-state index contributed by atoms with van der Waals surface area (Å²) in [6.45, 7) is 11.3. The molecule has 0 radical (unpaired) electrons. The molecule has 1 atom stereocenters. The minimum Gasteiger partial charge on any atom is -0.493 e. The highest BCUT2D eigenvalue weighted by molar-refractivity contribution is 6.11. The number of carboxylic acid groups (broad SMARTS) is 1. The second-order valence-corrected chi connectivity index (χ2v) is 9.41. The summed E-state index contributed by atoms with van der Waals surface area (Å²) in [5.41, 5.74) is 5.26. The Balaban J connectivity index is 2.21. The molecule has 0 unspecified atom stereocenters. The van der Waals surface area contributed by atoms with Crippen LogP contribution in [0.4, 0.5) is 0 Å². The maximum atomic E-state index is 12.5. The molecule has 0 bridgehead atoms. The number of hydrogen-bond acceptors (Lipinski definition) is 5. The van der Waals surface area contributed by atoms with Crippen molar-refractivity contribution in [2.75, 3.05) is 0 Å². The third kappa shape index (κ3) is 4.02. The molecule has 0 saturated heterocycles. The van der Waals surface area contributed by atoms with Crippen molar-refractivity contribution < 1.29 is 19.7 Å². The molecule has 6 heteroatoms. The summed E-state index contributed by atoms with van der Waals surface area (Å²) < 4.78 is 6.07. The van der Waals surface area contributed by atoms with Crippen molar-refractivity contribution >= 4 is 27.8 Å². The standard InChI is InChI=1S/C27H28N2O4/c1-14-9-11-17(12-10-14)19-15(2)21-22(29-25(30)18-8-7-13-28-23(18)21)16(3)20(19)24(26(31)32)33-27(4,5)6/h7-13,24H,1-6H3,(H,29,30)(H,31,32)/t24-/m0/s1. The van der Waals surface area contributed by atoms with E-state index in [4.69, 9.17) is 4.74 Å². The van der Waals surface area contributed by atoms with Gasteiger partial charge >= 0.3 is 5.97 Å². The number of aryl methyl sites for hydroxylation is 3. The monoisotopic (exact) mass is 444 g/mol. The molecule has 0 aliphatic heterocycles. The van der Waals surface area contributed by atoms with Crippen LogP contribution in [0.15, 0.2) is 42.6 Å². The van der Waals surface area contributed by atoms with E-state index in [0.717, 1.165) is 27.6 Å². The predicted octanol–water partition coefficient (Wildman–Crippen LogP) is 6.02. The summed E-state index contributed by atoms with van der Waals surface area (Å²) >= 11 is 0. The Kier molecular flexibility index (Phi) is 5.58. The number of aromatic nitrogens is 2. The van der Waals surface area contributed by atoms with E-state index in [9.17, 15) is 15.0 Å². The van der Waals surface area contributed by atoms with Crippen LogP contribution in [0.3, 0.4) is 0 Å². The molecule has 170 valence electrons. The molecule has 0 aliphatic carbocycles. The van der Waals surface area contributed by atoms with Gasteiger partial charge in [-0.1, -0.05) is 29.8 Å². The van der Waals surface area contributed by atoms with Gasteiger partial charge in [0.15, 0.2) is 6.10 Å². The van der Waals surface area contributed by atoms with E-state index in [0.29, 0.717) is 27.5 Å². The van der Waals surface area contributed by atoms with Crippen LogP contribution in [0.1, 0.15) is 49.1 Å². The van der Waals surface area contributed by atoms with Crippen molar-refractivity contribution in [3.8, 4) is 17.0 Å². The SMILES string of the molecule is Cc1ccc(-c2c([C@H](OC(C)(C)C)C(=O)O)c(C)c3nc(O)c4cccnc4c3c2C)cc1. The van der Waals surface area contributed by atoms with E-state index in [-0.39, 0.29) is 5.88 Å². The molecule has 2 aromatic carbocycles. The van der Waals surface area contributed by atoms with Gasteiger partial charge in [0.25, 0.3) is 0 Å². The van der Waals surface area contributed by atoms with Gasteiger partial charge in [-0.2, -0.15) is 0 Å². The van der Waals surface area contributed by atoms with Crippen LogP contribution in [-0.2, 0) is 9.53 Å². The molecule has 2 aromatic heterocycles. The number of hydrogen-bond donors (Lipinski definition) is 2. The van der Waals surface area contributed by atoms with Gasteiger partial charge in [0.05, 0.1) is 22.0 Å². The smallest absolute Gasteiger partial charge is 0.337 e. The van der Waals surface area contributed by atoms with Crippen molar-refractivity contribution in [3.05, 3.63) is 64.8 Å². The van der Waals surface area contributed by atoms with Crippen molar-refractivity contribution in [1.82, 2.24) is 9.97 Å². The number of carboxylic acids is 1. The van der Waals surface area contributed by atoms with Gasteiger partial charge in [0, 0.05) is 17.1 Å². The van der Waals surface area contributed by atoms with E-state index < -0.39 is 17.7 Å². The average molecular weight is 445 g/mol. The molecule has 6 nitrogen and oxygen atoms in total. The summed E-state index contributed by atoms with van der Waals surface area (Å²) in [5.74, 6) is -1.21. The zero-order valence-electron chi connectivity index (χ0n) is 19.7. The zero-order valence-corrected chi connectivity index (χ0v) is 19.7. The summed E-state index contributed by atoms with van der Waals surface area (Å²) in [6.07, 6.45) is 0.464. The normalized spacial score (nSPS) is 12.9. The van der Waals surface area contributed by atoms with Gasteiger partial charge in [0.2, 0.25) is 5.88 Å². The number of benzene rings is 2. The molecule has 33 heavy (non-hydrogen) atoms. The first-order chi connectivity index (χ1) is 15.5. The molecule has 2 heterocycles. The minimum atomic E-state index is -1.22. The van der Waals surface area contributed by atoms with Gasteiger partial charge in [-0.15, -0.1) is 0 Å². The van der Waals surface area contributed by atoms with Gasteiger partial charge in [-0.25, -0.2) is 9.78 Å². The van der Waals surface area contributed by atoms with Crippen LogP contribution >= 0.6 is 0 Å². The third-order valence-corrected chi connectivity index (χ3v) is 5.82. The Labute approximate surface area is 192 Å². The van der Waals surface area contributed by atoms with Crippen molar-refractivity contribution in [1.29, 1.82) is 0 Å². The summed E-state index contributed by atoms with van der Waals surface area (Å²) in [4.78, 5) is 21.5. The largest absolute Gasteiger partial charge is 0.493 e. The maximum absolute atomic E-state index is 12.5. The number of ether oxygens (including phenoxy) is 1. The Hall–Kier alpha value is -3.51. The van der Waals surface area contributed by atoms with E-state index in [1.807, 2.05) is 65.8 Å². The molecular formula is C27H28N2O4. The average Bonchev–Trinajstić information content (AvgIpc) is 2.74. The summed E-state index contributed by atoms with van der Waals surface area (Å²) in [6, 6.07) is 11.5. The number of carbonyl (C=O) groups is 1. The molecule has 4 rings (SSSR count). The molecule has 0 aliphatic rings. The number of fused-ring (bicyclic) bond motifs is 3. The molecule has 0 amide bonds. The molecule has 0 saturated carbocycles. The fourth-order valence-electron chi connectivity index (χ4n) is 4.39. The summed E-state index contributed by atoms with van der Waals surface area (Å²) in [7, 11) is 0. The number of pyridine rings is 2.